The van der Waals surface area contributed by atoms with Gasteiger partial charge in [-0.2, -0.15) is 0 Å². The number of imidazole rings is 1. The van der Waals surface area contributed by atoms with Gasteiger partial charge in [0.05, 0.1) is 19.0 Å². The predicted octanol–water partition coefficient (Wildman–Crippen LogP) is 0.248. The SMILES string of the molecule is CC(C)OCCOC(=O)C(N)Cc1cnc[nH]1. The van der Waals surface area contributed by atoms with Crippen LogP contribution in [0.2, 0.25) is 0 Å². The van der Waals surface area contributed by atoms with Crippen LogP contribution in [0.5, 0.6) is 0 Å². The maximum atomic E-state index is 11.5. The van der Waals surface area contributed by atoms with Gasteiger partial charge in [0.1, 0.15) is 12.6 Å². The zero-order valence-corrected chi connectivity index (χ0v) is 10.2. The summed E-state index contributed by atoms with van der Waals surface area (Å²) in [6.07, 6.45) is 3.70. The standard InChI is InChI=1S/C11H19N3O3/c1-8(2)16-3-4-17-11(15)10(12)5-9-6-13-7-14-9/h6-8,10H,3-5,12H2,1-2H3,(H,13,14). The molecule has 0 aliphatic carbocycles. The highest BCUT2D eigenvalue weighted by Gasteiger charge is 2.16. The van der Waals surface area contributed by atoms with Crippen LogP contribution in [0.15, 0.2) is 12.5 Å². The molecule has 1 aromatic rings. The van der Waals surface area contributed by atoms with Crippen LogP contribution in [0, 0.1) is 0 Å². The average molecular weight is 241 g/mol. The highest BCUT2D eigenvalue weighted by Crippen LogP contribution is 1.98. The summed E-state index contributed by atoms with van der Waals surface area (Å²) in [4.78, 5) is 18.2. The predicted molar refractivity (Wildman–Crippen MR) is 62.3 cm³/mol. The number of nitrogens with zero attached hydrogens (tertiary/aromatic N) is 1. The third kappa shape index (κ3) is 5.46. The molecule has 0 fully saturated rings. The molecule has 0 bridgehead atoms. The largest absolute Gasteiger partial charge is 0.462 e. The maximum absolute atomic E-state index is 11.5. The molecule has 0 radical (unpaired) electrons. The van der Waals surface area contributed by atoms with Gasteiger partial charge in [0.2, 0.25) is 0 Å². The molecular weight excluding hydrogens is 222 g/mol. The van der Waals surface area contributed by atoms with E-state index >= 15 is 0 Å². The molecule has 6 heteroatoms. The fourth-order valence-corrected chi connectivity index (χ4v) is 1.25. The van der Waals surface area contributed by atoms with Crippen molar-refractivity contribution in [3.63, 3.8) is 0 Å². The summed E-state index contributed by atoms with van der Waals surface area (Å²) in [6, 6.07) is -0.672. The van der Waals surface area contributed by atoms with Crippen molar-refractivity contribution in [3.05, 3.63) is 18.2 Å². The first kappa shape index (κ1) is 13.7. The van der Waals surface area contributed by atoms with Crippen molar-refractivity contribution in [2.45, 2.75) is 32.4 Å². The van der Waals surface area contributed by atoms with Crippen molar-refractivity contribution in [1.29, 1.82) is 0 Å². The lowest BCUT2D eigenvalue weighted by atomic mass is 10.2. The van der Waals surface area contributed by atoms with E-state index in [2.05, 4.69) is 9.97 Å². The Kier molecular flexibility index (Phi) is 5.65. The molecule has 0 saturated carbocycles. The number of hydrogen-bond acceptors (Lipinski definition) is 5. The Morgan fingerprint density at radius 3 is 2.88 bits per heavy atom. The molecule has 1 atom stereocenters. The van der Waals surface area contributed by atoms with Gasteiger partial charge in [0.15, 0.2) is 0 Å². The van der Waals surface area contributed by atoms with Crippen LogP contribution < -0.4 is 5.73 Å². The maximum Gasteiger partial charge on any atom is 0.323 e. The second-order valence-corrected chi connectivity index (χ2v) is 3.97. The number of aromatic amines is 1. The number of ether oxygens (including phenoxy) is 2. The van der Waals surface area contributed by atoms with Gasteiger partial charge in [-0.3, -0.25) is 4.79 Å². The zero-order chi connectivity index (χ0) is 12.7. The van der Waals surface area contributed by atoms with Crippen LogP contribution in [0.3, 0.4) is 0 Å². The molecule has 96 valence electrons. The minimum atomic E-state index is -0.672. The molecule has 0 aliphatic rings. The molecule has 0 amide bonds. The lowest BCUT2D eigenvalue weighted by Gasteiger charge is -2.11. The van der Waals surface area contributed by atoms with Gasteiger partial charge in [0, 0.05) is 18.3 Å². The summed E-state index contributed by atoms with van der Waals surface area (Å²) in [5.74, 6) is -0.424. The van der Waals surface area contributed by atoms with E-state index in [-0.39, 0.29) is 12.7 Å². The Labute approximate surface area is 101 Å². The first-order valence-corrected chi connectivity index (χ1v) is 5.60. The first-order chi connectivity index (χ1) is 8.09. The van der Waals surface area contributed by atoms with Crippen molar-refractivity contribution in [2.24, 2.45) is 5.73 Å². The number of hydrogen-bond donors (Lipinski definition) is 2. The number of nitrogens with one attached hydrogen (secondary N) is 1. The van der Waals surface area contributed by atoms with E-state index in [0.717, 1.165) is 5.69 Å². The molecule has 0 aliphatic heterocycles. The second-order valence-electron chi connectivity index (χ2n) is 3.97. The van der Waals surface area contributed by atoms with Gasteiger partial charge in [-0.05, 0) is 13.8 Å². The highest BCUT2D eigenvalue weighted by molar-refractivity contribution is 5.75. The number of aromatic nitrogens is 2. The summed E-state index contributed by atoms with van der Waals surface area (Å²) in [5.41, 5.74) is 6.50. The lowest BCUT2D eigenvalue weighted by molar-refractivity contribution is -0.147. The van der Waals surface area contributed by atoms with Crippen LogP contribution in [0.25, 0.3) is 0 Å². The number of carbonyl (C=O) groups excluding carboxylic acids is 1. The molecule has 0 spiro atoms. The first-order valence-electron chi connectivity index (χ1n) is 5.60. The Morgan fingerprint density at radius 2 is 2.29 bits per heavy atom. The van der Waals surface area contributed by atoms with E-state index in [4.69, 9.17) is 15.2 Å². The van der Waals surface area contributed by atoms with Crippen LogP contribution in [0.4, 0.5) is 0 Å². The highest BCUT2D eigenvalue weighted by atomic mass is 16.6. The zero-order valence-electron chi connectivity index (χ0n) is 10.2. The number of H-pyrrole nitrogens is 1. The summed E-state index contributed by atoms with van der Waals surface area (Å²) < 4.78 is 10.2. The van der Waals surface area contributed by atoms with Crippen LogP contribution >= 0.6 is 0 Å². The normalized spacial score (nSPS) is 12.7. The molecule has 3 N–H and O–H groups in total. The van der Waals surface area contributed by atoms with Gasteiger partial charge in [-0.15, -0.1) is 0 Å². The van der Waals surface area contributed by atoms with Gasteiger partial charge >= 0.3 is 5.97 Å². The van der Waals surface area contributed by atoms with Crippen LogP contribution in [-0.2, 0) is 20.7 Å². The van der Waals surface area contributed by atoms with E-state index in [1.165, 1.54) is 0 Å². The molecule has 0 saturated heterocycles. The fourth-order valence-electron chi connectivity index (χ4n) is 1.25. The molecular formula is C11H19N3O3. The Bertz CT molecular complexity index is 325. The summed E-state index contributed by atoms with van der Waals surface area (Å²) in [7, 11) is 0. The van der Waals surface area contributed by atoms with E-state index in [9.17, 15) is 4.79 Å². The van der Waals surface area contributed by atoms with Gasteiger partial charge < -0.3 is 20.2 Å². The summed E-state index contributed by atoms with van der Waals surface area (Å²) in [6.45, 7) is 4.46. The molecule has 17 heavy (non-hydrogen) atoms. The summed E-state index contributed by atoms with van der Waals surface area (Å²) >= 11 is 0. The van der Waals surface area contributed by atoms with E-state index < -0.39 is 12.0 Å². The minimum Gasteiger partial charge on any atom is -0.462 e. The van der Waals surface area contributed by atoms with Gasteiger partial charge in [-0.1, -0.05) is 0 Å². The summed E-state index contributed by atoms with van der Waals surface area (Å²) in [5, 5.41) is 0. The van der Waals surface area contributed by atoms with Crippen molar-refractivity contribution in [2.75, 3.05) is 13.2 Å². The quantitative estimate of drug-likeness (QED) is 0.527. The fraction of sp³-hybridized carbons (Fsp3) is 0.636. The monoisotopic (exact) mass is 241 g/mol. The average Bonchev–Trinajstić information content (AvgIpc) is 2.76. The van der Waals surface area contributed by atoms with Crippen molar-refractivity contribution in [1.82, 2.24) is 9.97 Å². The van der Waals surface area contributed by atoms with E-state index in [1.54, 1.807) is 12.5 Å². The molecule has 1 aromatic heterocycles. The minimum absolute atomic E-state index is 0.132. The Balaban J connectivity index is 2.18. The van der Waals surface area contributed by atoms with Gasteiger partial charge in [-0.25, -0.2) is 4.98 Å². The number of carbonyl (C=O) groups is 1. The molecule has 1 rings (SSSR count). The second kappa shape index (κ2) is 7.03. The lowest BCUT2D eigenvalue weighted by Crippen LogP contribution is -2.35. The Hall–Kier alpha value is -1.40. The number of nitrogens with two attached hydrogens (primary N) is 1. The topological polar surface area (TPSA) is 90.2 Å². The van der Waals surface area contributed by atoms with E-state index in [1.807, 2.05) is 13.8 Å². The molecule has 1 unspecified atom stereocenters. The third-order valence-electron chi connectivity index (χ3n) is 2.08. The van der Waals surface area contributed by atoms with Crippen LogP contribution in [-0.4, -0.2) is 41.3 Å². The number of rotatable bonds is 7. The molecule has 1 heterocycles. The smallest absolute Gasteiger partial charge is 0.323 e. The third-order valence-corrected chi connectivity index (χ3v) is 2.08. The van der Waals surface area contributed by atoms with Crippen molar-refractivity contribution >= 4 is 5.97 Å². The van der Waals surface area contributed by atoms with Crippen molar-refractivity contribution in [3.8, 4) is 0 Å². The Morgan fingerprint density at radius 1 is 1.53 bits per heavy atom. The van der Waals surface area contributed by atoms with Gasteiger partial charge in [0.25, 0.3) is 0 Å². The molecule has 0 aromatic carbocycles. The number of esters is 1. The van der Waals surface area contributed by atoms with Crippen molar-refractivity contribution < 1.29 is 14.3 Å². The van der Waals surface area contributed by atoms with E-state index in [0.29, 0.717) is 13.0 Å². The van der Waals surface area contributed by atoms with Crippen LogP contribution in [0.1, 0.15) is 19.5 Å². The molecule has 6 nitrogen and oxygen atoms in total.